The number of para-hydroxylation sites is 2. The van der Waals surface area contributed by atoms with Crippen molar-refractivity contribution < 1.29 is 0 Å². The van der Waals surface area contributed by atoms with Gasteiger partial charge >= 0.3 is 0 Å². The van der Waals surface area contributed by atoms with Crippen molar-refractivity contribution in [3.05, 3.63) is 175 Å². The van der Waals surface area contributed by atoms with Crippen molar-refractivity contribution in [2.24, 2.45) is 0 Å². The van der Waals surface area contributed by atoms with Gasteiger partial charge in [-0.1, -0.05) is 85.0 Å². The quantitative estimate of drug-likeness (QED) is 0.175. The van der Waals surface area contributed by atoms with E-state index in [-0.39, 0.29) is 6.71 Å². The number of aromatic nitrogens is 6. The first-order chi connectivity index (χ1) is 28.3. The molecule has 0 saturated heterocycles. The molecule has 9 heteroatoms. The predicted molar refractivity (Wildman–Crippen MR) is 232 cm³/mol. The predicted octanol–water partition coefficient (Wildman–Crippen LogP) is 7.15. The highest BCUT2D eigenvalue weighted by molar-refractivity contribution is 7.00. The Morgan fingerprint density at radius 1 is 0.614 bits per heavy atom. The van der Waals surface area contributed by atoms with Crippen molar-refractivity contribution in [3.8, 4) is 11.5 Å². The first-order valence-electron chi connectivity index (χ1n) is 19.4. The zero-order valence-electron chi connectivity index (χ0n) is 30.8. The minimum absolute atomic E-state index is 0.0680. The molecule has 0 N–H and O–H groups in total. The van der Waals surface area contributed by atoms with Crippen LogP contribution in [0.2, 0.25) is 0 Å². The topological polar surface area (TPSA) is 67.9 Å². The molecule has 2 aliphatic heterocycles. The van der Waals surface area contributed by atoms with Gasteiger partial charge in [-0.25, -0.2) is 19.9 Å². The molecule has 6 aromatic heterocycles. The van der Waals surface area contributed by atoms with Crippen LogP contribution in [0.1, 0.15) is 12.8 Å². The average Bonchev–Trinajstić information content (AvgIpc) is 3.75. The van der Waals surface area contributed by atoms with Crippen molar-refractivity contribution in [2.75, 3.05) is 9.80 Å². The summed E-state index contributed by atoms with van der Waals surface area (Å²) in [4.78, 5) is 24.4. The molecule has 268 valence electrons. The number of hydrogen-bond donors (Lipinski definition) is 0. The van der Waals surface area contributed by atoms with Crippen LogP contribution in [0.25, 0.3) is 45.6 Å². The number of nitrogens with zero attached hydrogens (tertiary/aromatic N) is 8. The molecule has 12 rings (SSSR count). The first kappa shape index (κ1) is 31.8. The molecule has 0 saturated carbocycles. The Balaban J connectivity index is 1.30. The Labute approximate surface area is 328 Å². The van der Waals surface area contributed by atoms with Gasteiger partial charge in [0.1, 0.15) is 28.9 Å². The molecular weight excluding hydrogens is 699 g/mol. The Bertz CT molecular complexity index is 3160. The lowest BCUT2D eigenvalue weighted by Crippen LogP contribution is -2.60. The zero-order chi connectivity index (χ0) is 37.5. The number of benzene rings is 3. The maximum absolute atomic E-state index is 5.15. The zero-order valence-corrected chi connectivity index (χ0v) is 30.8. The fourth-order valence-electron chi connectivity index (χ4n) is 9.33. The summed E-state index contributed by atoms with van der Waals surface area (Å²) < 4.78 is 4.90. The normalized spacial score (nSPS) is 14.2. The molecule has 0 radical (unpaired) electrons. The fraction of sp³-hybridized carbons (Fsp3) is 0.0417. The van der Waals surface area contributed by atoms with E-state index in [4.69, 9.17) is 19.9 Å². The summed E-state index contributed by atoms with van der Waals surface area (Å²) in [6.45, 7) is -0.0680. The van der Waals surface area contributed by atoms with Gasteiger partial charge in [-0.15, -0.1) is 0 Å². The molecule has 0 spiro atoms. The van der Waals surface area contributed by atoms with Gasteiger partial charge in [0.25, 0.3) is 6.71 Å². The first-order valence-corrected chi connectivity index (χ1v) is 19.4. The van der Waals surface area contributed by atoms with E-state index in [2.05, 4.69) is 128 Å². The lowest BCUT2D eigenvalue weighted by Gasteiger charge is -2.40. The van der Waals surface area contributed by atoms with E-state index in [0.717, 1.165) is 69.9 Å². The van der Waals surface area contributed by atoms with E-state index >= 15 is 0 Å². The summed E-state index contributed by atoms with van der Waals surface area (Å²) in [7, 11) is 0. The third-order valence-corrected chi connectivity index (χ3v) is 11.5. The van der Waals surface area contributed by atoms with Gasteiger partial charge in [0.05, 0.1) is 16.6 Å². The third kappa shape index (κ3) is 4.63. The van der Waals surface area contributed by atoms with Crippen molar-refractivity contribution in [1.82, 2.24) is 29.1 Å². The summed E-state index contributed by atoms with van der Waals surface area (Å²) in [5, 5.41) is 4.79. The van der Waals surface area contributed by atoms with Crippen LogP contribution in [0.5, 0.6) is 0 Å². The van der Waals surface area contributed by atoms with E-state index in [9.17, 15) is 0 Å². The summed E-state index contributed by atoms with van der Waals surface area (Å²) in [6.07, 6.45) is 18.6. The monoisotopic (exact) mass is 732 g/mol. The van der Waals surface area contributed by atoms with Crippen LogP contribution >= 0.6 is 0 Å². The van der Waals surface area contributed by atoms with Gasteiger partial charge in [-0.05, 0) is 96.0 Å². The number of fused-ring (bicyclic) bond motifs is 9. The highest BCUT2D eigenvalue weighted by Gasteiger charge is 2.44. The molecule has 1 aliphatic carbocycles. The van der Waals surface area contributed by atoms with Crippen LogP contribution in [0.15, 0.2) is 164 Å². The summed E-state index contributed by atoms with van der Waals surface area (Å²) in [5.41, 5.74) is 10.1. The maximum atomic E-state index is 5.15. The van der Waals surface area contributed by atoms with Gasteiger partial charge in [0.2, 0.25) is 0 Å². The second-order valence-corrected chi connectivity index (χ2v) is 14.6. The second-order valence-electron chi connectivity index (χ2n) is 14.6. The molecule has 3 aliphatic rings. The average molecular weight is 733 g/mol. The van der Waals surface area contributed by atoms with E-state index in [1.165, 1.54) is 37.9 Å². The molecule has 0 unspecified atom stereocenters. The van der Waals surface area contributed by atoms with Gasteiger partial charge in [-0.3, -0.25) is 18.9 Å². The van der Waals surface area contributed by atoms with Crippen LogP contribution in [0.4, 0.5) is 34.5 Å². The van der Waals surface area contributed by atoms with Crippen LogP contribution in [0.3, 0.4) is 0 Å². The standard InChI is InChI=1S/C48H33BN8/c1-2-7-22-38-34(18-6-1)44-35-19-14-20-36-46(35)57(48(44)56(38)43-25-10-13-28-52-43)40-31-33(55(41-23-8-11-26-50-41)42-24-9-12-27-51-42)30-39-45(40)49(36)37-21-15-29-53-47(37)54(39)32-16-4-3-5-17-32/h1,3-6,8-31H,2,7H2/b6-1?,34-18?,38-22+. The lowest BCUT2D eigenvalue weighted by molar-refractivity contribution is 0.951. The van der Waals surface area contributed by atoms with Crippen LogP contribution in [0, 0.1) is 0 Å². The molecule has 3 aromatic carbocycles. The molecule has 0 fully saturated rings. The fourth-order valence-corrected chi connectivity index (χ4v) is 9.33. The molecule has 8 heterocycles. The van der Waals surface area contributed by atoms with Crippen molar-refractivity contribution in [3.63, 3.8) is 0 Å². The Kier molecular flexibility index (Phi) is 6.98. The highest BCUT2D eigenvalue weighted by atomic mass is 15.3. The number of rotatable bonds is 5. The Hall–Kier alpha value is -7.52. The van der Waals surface area contributed by atoms with E-state index < -0.39 is 0 Å². The van der Waals surface area contributed by atoms with Crippen molar-refractivity contribution in [1.29, 1.82) is 0 Å². The molecular formula is C48H33BN8. The second kappa shape index (κ2) is 12.5. The minimum atomic E-state index is -0.0680. The highest BCUT2D eigenvalue weighted by Crippen LogP contribution is 2.44. The lowest BCUT2D eigenvalue weighted by atomic mass is 9.34. The van der Waals surface area contributed by atoms with Crippen molar-refractivity contribution in [2.45, 2.75) is 12.8 Å². The van der Waals surface area contributed by atoms with Crippen LogP contribution < -0.4 is 36.8 Å². The van der Waals surface area contributed by atoms with E-state index in [1.807, 2.05) is 67.3 Å². The van der Waals surface area contributed by atoms with Gasteiger partial charge in [0.15, 0.2) is 0 Å². The van der Waals surface area contributed by atoms with Crippen LogP contribution in [-0.2, 0) is 0 Å². The summed E-state index contributed by atoms with van der Waals surface area (Å²) >= 11 is 0. The molecule has 57 heavy (non-hydrogen) atoms. The number of pyridine rings is 4. The number of allylic oxidation sites excluding steroid dienone is 2. The molecule has 0 amide bonds. The molecule has 0 atom stereocenters. The van der Waals surface area contributed by atoms with Gasteiger partial charge < -0.3 is 0 Å². The smallest absolute Gasteiger partial charge is 0.254 e. The van der Waals surface area contributed by atoms with Gasteiger partial charge in [0, 0.05) is 57.8 Å². The van der Waals surface area contributed by atoms with Gasteiger partial charge in [-0.2, -0.15) is 0 Å². The molecule has 9 aromatic rings. The largest absolute Gasteiger partial charge is 0.296 e. The van der Waals surface area contributed by atoms with E-state index in [1.54, 1.807) is 0 Å². The third-order valence-electron chi connectivity index (χ3n) is 11.5. The Morgan fingerprint density at radius 3 is 2.12 bits per heavy atom. The maximum Gasteiger partial charge on any atom is 0.254 e. The minimum Gasteiger partial charge on any atom is -0.296 e. The SMILES string of the molecule is C1=CCC/C=c2\c(c3c4cccc5c4n(c3n2-c2ccccn2)-c2cc(N(c3ccccn3)c3ccccn3)cc3c2B5c2cccnc2N3c2ccccc2)=C1. The number of hydrogen-bond acceptors (Lipinski definition) is 6. The number of anilines is 6. The van der Waals surface area contributed by atoms with E-state index in [0.29, 0.717) is 0 Å². The molecule has 0 bridgehead atoms. The summed E-state index contributed by atoms with van der Waals surface area (Å²) in [6, 6.07) is 44.6. The van der Waals surface area contributed by atoms with Crippen LogP contribution in [-0.4, -0.2) is 35.8 Å². The summed E-state index contributed by atoms with van der Waals surface area (Å²) in [5.74, 6) is 3.35. The Morgan fingerprint density at radius 2 is 1.35 bits per heavy atom. The van der Waals surface area contributed by atoms with Crippen molar-refractivity contribution >= 4 is 91.7 Å². The molecule has 8 nitrogen and oxygen atoms in total.